The third-order valence-corrected chi connectivity index (χ3v) is 5.89. The van der Waals surface area contributed by atoms with Crippen LogP contribution in [0.25, 0.3) is 10.2 Å². The van der Waals surface area contributed by atoms with E-state index in [4.69, 9.17) is 0 Å². The van der Waals surface area contributed by atoms with Gasteiger partial charge in [-0.15, -0.1) is 0 Å². The predicted octanol–water partition coefficient (Wildman–Crippen LogP) is 4.59. The number of aryl methyl sites for hydroxylation is 2. The molecule has 0 atom stereocenters. The molecule has 8 nitrogen and oxygen atoms in total. The number of rotatable bonds is 7. The molecule has 0 saturated carbocycles. The van der Waals surface area contributed by atoms with Crippen molar-refractivity contribution in [2.75, 3.05) is 11.4 Å². The number of carbonyl (C=O) groups excluding carboxylic acids is 1. The number of benzene rings is 2. The number of nitrogens with zero attached hydrogens (tertiary/aromatic N) is 5. The molecule has 31 heavy (non-hydrogen) atoms. The Morgan fingerprint density at radius 3 is 2.87 bits per heavy atom. The van der Waals surface area contributed by atoms with E-state index in [1.165, 1.54) is 28.4 Å². The lowest BCUT2D eigenvalue weighted by Gasteiger charge is -2.20. The number of amides is 1. The smallest absolute Gasteiger partial charge is 0.273 e. The fraction of sp³-hybridized carbons (Fsp3) is 0.190. The van der Waals surface area contributed by atoms with Crippen molar-refractivity contribution >= 4 is 38.3 Å². The highest BCUT2D eigenvalue weighted by Crippen LogP contribution is 2.32. The number of para-hydroxylation sites is 1. The van der Waals surface area contributed by atoms with Gasteiger partial charge in [0.2, 0.25) is 0 Å². The van der Waals surface area contributed by atoms with E-state index in [0.717, 1.165) is 0 Å². The largest absolute Gasteiger partial charge is 0.337 e. The maximum absolute atomic E-state index is 14.2. The molecule has 0 bridgehead atoms. The Bertz CT molecular complexity index is 1260. The molecule has 2 heterocycles. The molecule has 0 aliphatic heterocycles. The van der Waals surface area contributed by atoms with Gasteiger partial charge in [0.25, 0.3) is 11.6 Å². The summed E-state index contributed by atoms with van der Waals surface area (Å²) in [6.45, 7) is 2.54. The molecule has 0 aliphatic carbocycles. The highest BCUT2D eigenvalue weighted by atomic mass is 32.1. The van der Waals surface area contributed by atoms with Gasteiger partial charge in [-0.1, -0.05) is 23.5 Å². The average Bonchev–Trinajstić information content (AvgIpc) is 3.41. The second kappa shape index (κ2) is 8.60. The van der Waals surface area contributed by atoms with Crippen LogP contribution in [0.3, 0.4) is 0 Å². The van der Waals surface area contributed by atoms with Gasteiger partial charge in [-0.05, 0) is 31.5 Å². The van der Waals surface area contributed by atoms with Crippen molar-refractivity contribution < 1.29 is 14.1 Å². The van der Waals surface area contributed by atoms with Crippen molar-refractivity contribution in [2.45, 2.75) is 19.9 Å². The van der Waals surface area contributed by atoms with Crippen LogP contribution >= 0.6 is 11.3 Å². The van der Waals surface area contributed by atoms with E-state index in [0.29, 0.717) is 34.9 Å². The van der Waals surface area contributed by atoms with Gasteiger partial charge in [0, 0.05) is 42.7 Å². The molecule has 0 aliphatic rings. The molecule has 0 fully saturated rings. The Labute approximate surface area is 180 Å². The molecule has 1 amide bonds. The van der Waals surface area contributed by atoms with E-state index in [-0.39, 0.29) is 16.8 Å². The van der Waals surface area contributed by atoms with Gasteiger partial charge in [-0.2, -0.15) is 0 Å². The van der Waals surface area contributed by atoms with Crippen molar-refractivity contribution in [1.29, 1.82) is 0 Å². The van der Waals surface area contributed by atoms with Crippen LogP contribution in [-0.4, -0.2) is 31.9 Å². The second-order valence-corrected chi connectivity index (χ2v) is 7.96. The number of fused-ring (bicyclic) bond motifs is 1. The van der Waals surface area contributed by atoms with Gasteiger partial charge in [0.15, 0.2) is 5.13 Å². The molecule has 0 N–H and O–H groups in total. The minimum atomic E-state index is -0.511. The topological polar surface area (TPSA) is 94.2 Å². The molecule has 0 spiro atoms. The fourth-order valence-corrected chi connectivity index (χ4v) is 4.23. The summed E-state index contributed by atoms with van der Waals surface area (Å²) in [5, 5.41) is 11.7. The van der Waals surface area contributed by atoms with Crippen LogP contribution in [0.1, 0.15) is 22.3 Å². The van der Waals surface area contributed by atoms with Gasteiger partial charge in [0.05, 0.1) is 16.0 Å². The predicted molar refractivity (Wildman–Crippen MR) is 116 cm³/mol. The van der Waals surface area contributed by atoms with Crippen molar-refractivity contribution in [1.82, 2.24) is 14.5 Å². The Kier molecular flexibility index (Phi) is 5.72. The van der Waals surface area contributed by atoms with Crippen LogP contribution in [0, 0.1) is 22.9 Å². The summed E-state index contributed by atoms with van der Waals surface area (Å²) in [5.41, 5.74) is 0.722. The SMILES string of the molecule is Cc1ccc(C(=O)N(CCCn2ccnc2)c2nc3c(F)cccc3s2)cc1[N+](=O)[O-]. The van der Waals surface area contributed by atoms with E-state index in [9.17, 15) is 19.3 Å². The molecular weight excluding hydrogens is 421 g/mol. The summed E-state index contributed by atoms with van der Waals surface area (Å²) >= 11 is 1.21. The van der Waals surface area contributed by atoms with Crippen LogP contribution < -0.4 is 4.90 Å². The maximum Gasteiger partial charge on any atom is 0.273 e. The first kappa shape index (κ1) is 20.6. The Morgan fingerprint density at radius 1 is 1.32 bits per heavy atom. The molecule has 0 saturated heterocycles. The zero-order chi connectivity index (χ0) is 22.0. The Balaban J connectivity index is 1.68. The lowest BCUT2D eigenvalue weighted by Crippen LogP contribution is -2.32. The Hall–Kier alpha value is -3.66. The van der Waals surface area contributed by atoms with Crippen LogP contribution in [-0.2, 0) is 6.54 Å². The van der Waals surface area contributed by atoms with Crippen molar-refractivity contribution in [2.24, 2.45) is 0 Å². The lowest BCUT2D eigenvalue weighted by atomic mass is 10.1. The van der Waals surface area contributed by atoms with E-state index >= 15 is 0 Å². The van der Waals surface area contributed by atoms with Crippen LogP contribution in [0.4, 0.5) is 15.2 Å². The quantitative estimate of drug-likeness (QED) is 0.310. The van der Waals surface area contributed by atoms with Crippen LogP contribution in [0.15, 0.2) is 55.1 Å². The monoisotopic (exact) mass is 439 g/mol. The second-order valence-electron chi connectivity index (χ2n) is 6.95. The number of hydrogen-bond donors (Lipinski definition) is 0. The fourth-order valence-electron chi connectivity index (χ4n) is 3.23. The van der Waals surface area contributed by atoms with E-state index in [2.05, 4.69) is 9.97 Å². The third kappa shape index (κ3) is 4.29. The van der Waals surface area contributed by atoms with Crippen molar-refractivity contribution in [3.05, 3.63) is 82.2 Å². The normalized spacial score (nSPS) is 11.0. The van der Waals surface area contributed by atoms with Gasteiger partial charge in [-0.3, -0.25) is 19.8 Å². The molecule has 0 radical (unpaired) electrons. The number of carbonyl (C=O) groups is 1. The van der Waals surface area contributed by atoms with Crippen molar-refractivity contribution in [3.8, 4) is 0 Å². The number of thiazole rings is 1. The summed E-state index contributed by atoms with van der Waals surface area (Å²) in [7, 11) is 0. The lowest BCUT2D eigenvalue weighted by molar-refractivity contribution is -0.385. The van der Waals surface area contributed by atoms with Crippen LogP contribution in [0.2, 0.25) is 0 Å². The third-order valence-electron chi connectivity index (χ3n) is 4.84. The van der Waals surface area contributed by atoms with E-state index in [1.54, 1.807) is 43.7 Å². The number of hydrogen-bond acceptors (Lipinski definition) is 6. The first-order chi connectivity index (χ1) is 14.9. The van der Waals surface area contributed by atoms with Crippen LogP contribution in [0.5, 0.6) is 0 Å². The zero-order valence-corrected chi connectivity index (χ0v) is 17.4. The van der Waals surface area contributed by atoms with Gasteiger partial charge in [-0.25, -0.2) is 14.4 Å². The zero-order valence-electron chi connectivity index (χ0n) is 16.6. The molecule has 2 aromatic heterocycles. The summed E-state index contributed by atoms with van der Waals surface area (Å²) in [4.78, 5) is 33.9. The number of anilines is 1. The first-order valence-corrected chi connectivity index (χ1v) is 10.3. The molecule has 10 heteroatoms. The van der Waals surface area contributed by atoms with E-state index in [1.807, 2.05) is 10.8 Å². The summed E-state index contributed by atoms with van der Waals surface area (Å²) in [6, 6.07) is 9.03. The molecule has 158 valence electrons. The average molecular weight is 439 g/mol. The Morgan fingerprint density at radius 2 is 2.16 bits per heavy atom. The number of nitro groups is 1. The number of aromatic nitrogens is 3. The molecular formula is C21H18FN5O3S. The molecule has 2 aromatic carbocycles. The van der Waals surface area contributed by atoms with Crippen molar-refractivity contribution in [3.63, 3.8) is 0 Å². The standard InChI is InChI=1S/C21H18FN5O3S/c1-14-6-7-15(12-17(14)27(29)30)20(28)26(10-3-9-25-11-8-23-13-25)21-24-19-16(22)4-2-5-18(19)31-21/h2,4-8,11-13H,3,9-10H2,1H3. The summed E-state index contributed by atoms with van der Waals surface area (Å²) < 4.78 is 16.7. The maximum atomic E-state index is 14.2. The first-order valence-electron chi connectivity index (χ1n) is 9.52. The van der Waals surface area contributed by atoms with E-state index < -0.39 is 16.6 Å². The number of imidazole rings is 1. The molecule has 0 unspecified atom stereocenters. The number of nitro benzene ring substituents is 1. The summed E-state index contributed by atoms with van der Waals surface area (Å²) in [6.07, 6.45) is 5.77. The minimum Gasteiger partial charge on any atom is -0.337 e. The number of halogens is 1. The van der Waals surface area contributed by atoms with Gasteiger partial charge >= 0.3 is 0 Å². The van der Waals surface area contributed by atoms with Gasteiger partial charge < -0.3 is 4.57 Å². The summed E-state index contributed by atoms with van der Waals surface area (Å²) in [5.74, 6) is -0.884. The van der Waals surface area contributed by atoms with Gasteiger partial charge in [0.1, 0.15) is 11.3 Å². The highest BCUT2D eigenvalue weighted by Gasteiger charge is 2.24. The highest BCUT2D eigenvalue weighted by molar-refractivity contribution is 7.22. The molecule has 4 rings (SSSR count). The molecule has 4 aromatic rings. The minimum absolute atomic E-state index is 0.125.